The van der Waals surface area contributed by atoms with E-state index in [-0.39, 0.29) is 24.9 Å². The van der Waals surface area contributed by atoms with Gasteiger partial charge in [0.15, 0.2) is 0 Å². The minimum atomic E-state index is -0.934. The Labute approximate surface area is 253 Å². The van der Waals surface area contributed by atoms with E-state index >= 15 is 0 Å². The van der Waals surface area contributed by atoms with Crippen molar-refractivity contribution in [1.82, 2.24) is 14.9 Å². The number of hydrogen-bond donors (Lipinski definition) is 1. The van der Waals surface area contributed by atoms with Gasteiger partial charge in [-0.2, -0.15) is 0 Å². The van der Waals surface area contributed by atoms with Gasteiger partial charge in [0.05, 0.1) is 13.5 Å². The number of hydrogen-bond acceptors (Lipinski definition) is 5. The predicted octanol–water partition coefficient (Wildman–Crippen LogP) is 6.05. The topological polar surface area (TPSA) is 89.9 Å². The molecular weight excluding hydrogens is 542 g/mol. The summed E-state index contributed by atoms with van der Waals surface area (Å²) in [6.07, 6.45) is 3.82. The van der Waals surface area contributed by atoms with Gasteiger partial charge in [0.25, 0.3) is 5.91 Å². The number of carbonyl (C=O) groups is 3. The first-order valence-electron chi connectivity index (χ1n) is 14.4. The summed E-state index contributed by atoms with van der Waals surface area (Å²) in [6.45, 7) is 4.05. The minimum Gasteiger partial charge on any atom is -0.461 e. The average molecular weight is 582 g/mol. The second-order valence-electron chi connectivity index (χ2n) is 10.9. The van der Waals surface area contributed by atoms with Crippen LogP contribution in [0.15, 0.2) is 103 Å². The van der Waals surface area contributed by atoms with Crippen molar-refractivity contribution in [3.63, 3.8) is 0 Å². The number of benzene rings is 3. The van der Waals surface area contributed by atoms with Crippen molar-refractivity contribution in [3.8, 4) is 22.3 Å². The molecule has 8 nitrogen and oxygen atoms in total. The molecule has 8 heteroatoms. The van der Waals surface area contributed by atoms with Crippen LogP contribution in [0.25, 0.3) is 22.3 Å². The molecule has 1 aromatic heterocycles. The second-order valence-corrected chi connectivity index (χ2v) is 10.9. The number of nitrogens with zero attached hydrogens (tertiary/aromatic N) is 2. The molecule has 43 heavy (non-hydrogen) atoms. The normalized spacial score (nSPS) is 12.4. The van der Waals surface area contributed by atoms with Crippen molar-refractivity contribution in [2.45, 2.75) is 45.4 Å². The van der Waals surface area contributed by atoms with Gasteiger partial charge >= 0.3 is 5.97 Å². The molecule has 0 aliphatic rings. The molecule has 1 N–H and O–H groups in total. The molecule has 0 saturated heterocycles. The number of esters is 1. The highest BCUT2D eigenvalue weighted by atomic mass is 16.7. The van der Waals surface area contributed by atoms with Gasteiger partial charge in [0.2, 0.25) is 5.91 Å². The highest BCUT2D eigenvalue weighted by molar-refractivity contribution is 5.90. The number of aromatic nitrogens is 1. The molecule has 0 saturated carbocycles. The lowest BCUT2D eigenvalue weighted by atomic mass is 10.0. The van der Waals surface area contributed by atoms with Crippen LogP contribution in [-0.4, -0.2) is 47.6 Å². The molecule has 1 heterocycles. The number of likely N-dealkylation sites (N-methyl/N-ethyl adjacent to an activating group) is 1. The van der Waals surface area contributed by atoms with Crippen molar-refractivity contribution in [3.05, 3.63) is 109 Å². The molecule has 0 fully saturated rings. The lowest BCUT2D eigenvalue weighted by Crippen LogP contribution is -2.49. The molecular formula is C35H39N3O5. The molecule has 2 amide bonds. The van der Waals surface area contributed by atoms with Crippen LogP contribution in [0.2, 0.25) is 0 Å². The maximum Gasteiger partial charge on any atom is 0.308 e. The molecule has 0 aliphatic heterocycles. The zero-order valence-corrected chi connectivity index (χ0v) is 25.1. The summed E-state index contributed by atoms with van der Waals surface area (Å²) < 4.78 is 7.23. The Bertz CT molecular complexity index is 1480. The van der Waals surface area contributed by atoms with Crippen molar-refractivity contribution in [1.29, 1.82) is 0 Å². The van der Waals surface area contributed by atoms with Crippen molar-refractivity contribution < 1.29 is 24.0 Å². The molecule has 0 bridgehead atoms. The Balaban J connectivity index is 1.56. The van der Waals surface area contributed by atoms with Crippen molar-refractivity contribution in [2.24, 2.45) is 5.92 Å². The fourth-order valence-electron chi connectivity index (χ4n) is 4.82. The first-order chi connectivity index (χ1) is 20.7. The van der Waals surface area contributed by atoms with Crippen molar-refractivity contribution >= 4 is 17.8 Å². The van der Waals surface area contributed by atoms with E-state index < -0.39 is 24.0 Å². The Hall–Kier alpha value is -4.69. The van der Waals surface area contributed by atoms with Gasteiger partial charge in [-0.25, -0.2) is 5.06 Å². The fraction of sp³-hybridized carbons (Fsp3) is 0.286. The molecule has 0 aliphatic carbocycles. The van der Waals surface area contributed by atoms with Gasteiger partial charge < -0.3 is 14.6 Å². The highest BCUT2D eigenvalue weighted by Gasteiger charge is 2.31. The van der Waals surface area contributed by atoms with Crippen LogP contribution in [0.4, 0.5) is 0 Å². The number of hydroxylamine groups is 2. The smallest absolute Gasteiger partial charge is 0.308 e. The predicted molar refractivity (Wildman–Crippen MR) is 166 cm³/mol. The van der Waals surface area contributed by atoms with E-state index in [9.17, 15) is 14.4 Å². The van der Waals surface area contributed by atoms with Gasteiger partial charge in [0, 0.05) is 19.4 Å². The molecule has 224 valence electrons. The Morgan fingerprint density at radius 3 is 2.00 bits per heavy atom. The summed E-state index contributed by atoms with van der Waals surface area (Å²) in [5, 5.41) is 3.98. The first kappa shape index (κ1) is 31.3. The quantitative estimate of drug-likeness (QED) is 0.153. The van der Waals surface area contributed by atoms with Gasteiger partial charge in [0.1, 0.15) is 18.7 Å². The number of rotatable bonds is 13. The molecule has 2 atom stereocenters. The maximum absolute atomic E-state index is 13.8. The van der Waals surface area contributed by atoms with Crippen LogP contribution in [0.5, 0.6) is 0 Å². The Kier molecular flexibility index (Phi) is 10.9. The van der Waals surface area contributed by atoms with Crippen LogP contribution < -0.4 is 5.32 Å². The van der Waals surface area contributed by atoms with E-state index in [0.717, 1.165) is 32.9 Å². The number of nitrogens with one attached hydrogen (secondary N) is 1. The third kappa shape index (κ3) is 8.66. The maximum atomic E-state index is 13.8. The van der Waals surface area contributed by atoms with Gasteiger partial charge in [-0.1, -0.05) is 98.8 Å². The fourth-order valence-corrected chi connectivity index (χ4v) is 4.82. The summed E-state index contributed by atoms with van der Waals surface area (Å²) >= 11 is 0. The summed E-state index contributed by atoms with van der Waals surface area (Å²) in [4.78, 5) is 44.8. The Morgan fingerprint density at radius 1 is 0.814 bits per heavy atom. The summed E-state index contributed by atoms with van der Waals surface area (Å²) in [6, 6.07) is 27.8. The molecule has 0 radical (unpaired) electrons. The van der Waals surface area contributed by atoms with E-state index in [1.54, 1.807) is 10.8 Å². The van der Waals surface area contributed by atoms with E-state index in [2.05, 4.69) is 29.6 Å². The molecule has 0 spiro atoms. The van der Waals surface area contributed by atoms with Crippen LogP contribution in [0.3, 0.4) is 0 Å². The molecule has 3 aromatic carbocycles. The molecule has 4 aromatic rings. The highest BCUT2D eigenvalue weighted by Crippen LogP contribution is 2.27. The van der Waals surface area contributed by atoms with Crippen LogP contribution >= 0.6 is 0 Å². The van der Waals surface area contributed by atoms with E-state index in [4.69, 9.17) is 9.57 Å². The molecule has 4 rings (SSSR count). The van der Waals surface area contributed by atoms with Gasteiger partial charge in [-0.15, -0.1) is 0 Å². The first-order valence-corrected chi connectivity index (χ1v) is 14.4. The van der Waals surface area contributed by atoms with Crippen LogP contribution in [-0.2, 0) is 30.6 Å². The van der Waals surface area contributed by atoms with Crippen LogP contribution in [0, 0.1) is 5.92 Å². The summed E-state index contributed by atoms with van der Waals surface area (Å²) in [7, 11) is 2.90. The van der Waals surface area contributed by atoms with Gasteiger partial charge in [-0.3, -0.25) is 19.2 Å². The van der Waals surface area contributed by atoms with Gasteiger partial charge in [-0.05, 0) is 46.2 Å². The standard InChI is InChI=1S/C35H39N3O5/c1-25(2)21-31(35(41)37(3)42-4)36-34(40)32(22-33(39)43-24-26-11-7-5-8-12-26)38-20-19-30(23-38)29-17-15-28(16-18-29)27-13-9-6-10-14-27/h5-20,23,25,31-32H,21-22,24H2,1-4H3,(H,36,40)/t31-,32?/m0/s1. The van der Waals surface area contributed by atoms with Crippen LogP contribution in [0.1, 0.15) is 38.3 Å². The largest absolute Gasteiger partial charge is 0.461 e. The number of amides is 2. The Morgan fingerprint density at radius 2 is 1.40 bits per heavy atom. The number of carbonyl (C=O) groups excluding carboxylic acids is 3. The average Bonchev–Trinajstić information content (AvgIpc) is 3.52. The molecule has 1 unspecified atom stereocenters. The second kappa shape index (κ2) is 15.0. The SMILES string of the molecule is CON(C)C(=O)[C@H](CC(C)C)NC(=O)C(CC(=O)OCc1ccccc1)n1ccc(-c2ccc(-c3ccccc3)cc2)c1. The van der Waals surface area contributed by atoms with E-state index in [1.165, 1.54) is 14.2 Å². The zero-order valence-electron chi connectivity index (χ0n) is 25.1. The van der Waals surface area contributed by atoms with E-state index in [0.29, 0.717) is 6.42 Å². The van der Waals surface area contributed by atoms with E-state index in [1.807, 2.05) is 86.8 Å². The summed E-state index contributed by atoms with van der Waals surface area (Å²) in [5.74, 6) is -1.22. The monoisotopic (exact) mass is 581 g/mol. The zero-order chi connectivity index (χ0) is 30.8. The van der Waals surface area contributed by atoms with Crippen molar-refractivity contribution in [2.75, 3.05) is 14.2 Å². The third-order valence-corrected chi connectivity index (χ3v) is 7.21. The lowest BCUT2D eigenvalue weighted by molar-refractivity contribution is -0.172. The third-order valence-electron chi connectivity index (χ3n) is 7.21. The number of ether oxygens (including phenoxy) is 1. The lowest BCUT2D eigenvalue weighted by Gasteiger charge is -2.26. The summed E-state index contributed by atoms with van der Waals surface area (Å²) in [5.41, 5.74) is 4.94. The minimum absolute atomic E-state index is 0.103.